The first-order valence-corrected chi connectivity index (χ1v) is 7.92. The van der Waals surface area contributed by atoms with E-state index in [0.717, 1.165) is 0 Å². The van der Waals surface area contributed by atoms with E-state index in [4.69, 9.17) is 5.11 Å². The van der Waals surface area contributed by atoms with Crippen molar-refractivity contribution >= 4 is 11.0 Å². The van der Waals surface area contributed by atoms with Crippen LogP contribution in [-0.4, -0.2) is 20.7 Å². The van der Waals surface area contributed by atoms with Crippen LogP contribution in [0.25, 0.3) is 0 Å². The van der Waals surface area contributed by atoms with Crippen LogP contribution in [0.2, 0.25) is 0 Å². The minimum atomic E-state index is -3.27. The monoisotopic (exact) mass is 319 g/mol. The third-order valence-corrected chi connectivity index (χ3v) is 4.95. The quantitative estimate of drug-likeness (QED) is 0.875. The van der Waals surface area contributed by atoms with E-state index in [0.29, 0.717) is 11.1 Å². The lowest BCUT2D eigenvalue weighted by molar-refractivity contribution is -0.0561. The van der Waals surface area contributed by atoms with Crippen LogP contribution in [0.3, 0.4) is 0 Å². The molecule has 0 amide bonds. The molecular weight excluding hydrogens is 296 g/mol. The van der Waals surface area contributed by atoms with Crippen LogP contribution < -0.4 is 4.72 Å². The first-order chi connectivity index (χ1) is 9.50. The first kappa shape index (κ1) is 18.2. The Morgan fingerprint density at radius 1 is 1.33 bits per heavy atom. The Morgan fingerprint density at radius 3 is 2.38 bits per heavy atom. The van der Waals surface area contributed by atoms with Gasteiger partial charge in [-0.3, -0.25) is 0 Å². The van der Waals surface area contributed by atoms with E-state index in [1.54, 1.807) is 19.9 Å². The molecule has 0 radical (unpaired) electrons. The molecular formula is C15H23F2NO2S. The van der Waals surface area contributed by atoms with E-state index in [2.05, 4.69) is 4.72 Å². The van der Waals surface area contributed by atoms with E-state index in [9.17, 15) is 13.0 Å². The van der Waals surface area contributed by atoms with Gasteiger partial charge in [0.25, 0.3) is 5.92 Å². The molecule has 1 rings (SSSR count). The molecule has 0 spiro atoms. The zero-order valence-electron chi connectivity index (χ0n) is 13.0. The fraction of sp³-hybridized carbons (Fsp3) is 0.600. The fourth-order valence-corrected chi connectivity index (χ4v) is 2.81. The molecule has 0 saturated carbocycles. The number of halogens is 2. The largest absolute Gasteiger partial charge is 0.390 e. The lowest BCUT2D eigenvalue weighted by Gasteiger charge is -2.25. The van der Waals surface area contributed by atoms with Gasteiger partial charge in [0, 0.05) is 11.6 Å². The summed E-state index contributed by atoms with van der Waals surface area (Å²) in [7, 11) is -1.29. The SMILES string of the molecule is Cc1c([C@@H](C)NS(=O)C(C)(C)C)cccc1C(F)(F)CO. The van der Waals surface area contributed by atoms with Gasteiger partial charge in [-0.25, -0.2) is 8.93 Å². The molecule has 0 aliphatic heterocycles. The molecule has 0 saturated heterocycles. The van der Waals surface area contributed by atoms with Crippen molar-refractivity contribution in [3.63, 3.8) is 0 Å². The number of benzene rings is 1. The number of aliphatic hydroxyl groups is 1. The fourth-order valence-electron chi connectivity index (χ4n) is 2.00. The van der Waals surface area contributed by atoms with Crippen molar-refractivity contribution in [3.05, 3.63) is 34.9 Å². The van der Waals surface area contributed by atoms with Crippen molar-refractivity contribution in [2.45, 2.75) is 51.3 Å². The molecule has 1 unspecified atom stereocenters. The zero-order chi connectivity index (χ0) is 16.4. The molecule has 0 heterocycles. The maximum atomic E-state index is 13.7. The second-order valence-electron chi connectivity index (χ2n) is 6.10. The molecule has 0 bridgehead atoms. The Balaban J connectivity index is 3.10. The van der Waals surface area contributed by atoms with E-state index < -0.39 is 28.3 Å². The highest BCUT2D eigenvalue weighted by molar-refractivity contribution is 7.84. The van der Waals surface area contributed by atoms with Gasteiger partial charge in [-0.15, -0.1) is 0 Å². The molecule has 21 heavy (non-hydrogen) atoms. The molecule has 2 atom stereocenters. The number of rotatable bonds is 5. The zero-order valence-corrected chi connectivity index (χ0v) is 13.9. The molecule has 3 nitrogen and oxygen atoms in total. The molecule has 6 heteroatoms. The molecule has 0 aliphatic carbocycles. The summed E-state index contributed by atoms with van der Waals surface area (Å²) in [5, 5.41) is 8.84. The highest BCUT2D eigenvalue weighted by atomic mass is 32.2. The summed E-state index contributed by atoms with van der Waals surface area (Å²) in [6, 6.07) is 4.23. The average molecular weight is 319 g/mol. The Kier molecular flexibility index (Phi) is 5.63. The van der Waals surface area contributed by atoms with Gasteiger partial charge >= 0.3 is 0 Å². The van der Waals surface area contributed by atoms with E-state index in [1.807, 2.05) is 20.8 Å². The summed E-state index contributed by atoms with van der Waals surface area (Å²) < 4.78 is 42.0. The van der Waals surface area contributed by atoms with Gasteiger partial charge in [0.15, 0.2) is 0 Å². The summed E-state index contributed by atoms with van der Waals surface area (Å²) in [6.07, 6.45) is 0. The van der Waals surface area contributed by atoms with Crippen LogP contribution in [0, 0.1) is 6.92 Å². The first-order valence-electron chi connectivity index (χ1n) is 6.77. The second kappa shape index (κ2) is 6.50. The molecule has 1 aromatic rings. The van der Waals surface area contributed by atoms with Crippen LogP contribution in [-0.2, 0) is 16.9 Å². The van der Waals surface area contributed by atoms with Gasteiger partial charge in [0.2, 0.25) is 0 Å². The van der Waals surface area contributed by atoms with Crippen LogP contribution in [0.5, 0.6) is 0 Å². The molecule has 0 aromatic heterocycles. The predicted molar refractivity (Wildman–Crippen MR) is 81.6 cm³/mol. The van der Waals surface area contributed by atoms with Gasteiger partial charge in [-0.2, -0.15) is 8.78 Å². The van der Waals surface area contributed by atoms with Gasteiger partial charge in [-0.05, 0) is 45.7 Å². The maximum absolute atomic E-state index is 13.7. The predicted octanol–water partition coefficient (Wildman–Crippen LogP) is 3.19. The van der Waals surface area contributed by atoms with Crippen molar-refractivity contribution in [2.24, 2.45) is 0 Å². The number of nitrogens with one attached hydrogen (secondary N) is 1. The van der Waals surface area contributed by atoms with Gasteiger partial charge in [0.1, 0.15) is 6.61 Å². The maximum Gasteiger partial charge on any atom is 0.296 e. The Bertz CT molecular complexity index is 527. The normalized spacial score (nSPS) is 15.8. The van der Waals surface area contributed by atoms with Crippen LogP contribution in [0.4, 0.5) is 8.78 Å². The van der Waals surface area contributed by atoms with E-state index in [1.165, 1.54) is 12.1 Å². The van der Waals surface area contributed by atoms with Crippen molar-refractivity contribution < 1.29 is 18.1 Å². The molecule has 1 aromatic carbocycles. The topological polar surface area (TPSA) is 49.3 Å². The summed E-state index contributed by atoms with van der Waals surface area (Å²) >= 11 is 0. The second-order valence-corrected chi connectivity index (χ2v) is 8.10. The summed E-state index contributed by atoms with van der Waals surface area (Å²) in [6.45, 7) is 7.66. The van der Waals surface area contributed by atoms with Crippen molar-refractivity contribution in [3.8, 4) is 0 Å². The Hall–Kier alpha value is -0.850. The van der Waals surface area contributed by atoms with Crippen molar-refractivity contribution in [2.75, 3.05) is 6.61 Å². The Morgan fingerprint density at radius 2 is 1.90 bits per heavy atom. The van der Waals surface area contributed by atoms with Gasteiger partial charge in [0.05, 0.1) is 15.7 Å². The lowest BCUT2D eigenvalue weighted by atomic mass is 9.95. The third-order valence-electron chi connectivity index (χ3n) is 3.27. The highest BCUT2D eigenvalue weighted by Gasteiger charge is 2.33. The summed E-state index contributed by atoms with van der Waals surface area (Å²) in [5.41, 5.74) is 0.860. The Labute approximate surface area is 127 Å². The minimum Gasteiger partial charge on any atom is -0.390 e. The minimum absolute atomic E-state index is 0.197. The third kappa shape index (κ3) is 4.31. The van der Waals surface area contributed by atoms with Crippen molar-refractivity contribution in [1.82, 2.24) is 4.72 Å². The van der Waals surface area contributed by atoms with E-state index >= 15 is 0 Å². The van der Waals surface area contributed by atoms with Crippen LogP contribution >= 0.6 is 0 Å². The standard InChI is InChI=1S/C15H23F2NO2S/c1-10-12(11(2)18-21(20)14(3,4)5)7-6-8-13(10)15(16,17)9-19/h6-8,11,18-19H,9H2,1-5H3/t11-,21?/m1/s1. The number of hydrogen-bond acceptors (Lipinski definition) is 2. The van der Waals surface area contributed by atoms with E-state index in [-0.39, 0.29) is 11.6 Å². The van der Waals surface area contributed by atoms with Crippen molar-refractivity contribution in [1.29, 1.82) is 0 Å². The number of aliphatic hydroxyl groups excluding tert-OH is 1. The highest BCUT2D eigenvalue weighted by Crippen LogP contribution is 2.33. The summed E-state index contributed by atoms with van der Waals surface area (Å²) in [4.78, 5) is 0. The lowest BCUT2D eigenvalue weighted by Crippen LogP contribution is -2.35. The molecule has 0 fully saturated rings. The van der Waals surface area contributed by atoms with Crippen LogP contribution in [0.15, 0.2) is 18.2 Å². The molecule has 0 aliphatic rings. The van der Waals surface area contributed by atoms with Gasteiger partial charge in [-0.1, -0.05) is 18.2 Å². The average Bonchev–Trinajstić information content (AvgIpc) is 2.37. The smallest absolute Gasteiger partial charge is 0.296 e. The summed E-state index contributed by atoms with van der Waals surface area (Å²) in [5.74, 6) is -3.27. The molecule has 120 valence electrons. The number of alkyl halides is 2. The van der Waals surface area contributed by atoms with Crippen LogP contribution in [0.1, 0.15) is 50.4 Å². The molecule has 2 N–H and O–H groups in total. The number of hydrogen-bond donors (Lipinski definition) is 2. The van der Waals surface area contributed by atoms with Gasteiger partial charge < -0.3 is 5.11 Å².